The third kappa shape index (κ3) is 1.69. The fourth-order valence-corrected chi connectivity index (χ4v) is 2.13. The van der Waals surface area contributed by atoms with E-state index in [-0.39, 0.29) is 5.92 Å². The second kappa shape index (κ2) is 3.93. The summed E-state index contributed by atoms with van der Waals surface area (Å²) in [7, 11) is 1.66. The lowest BCUT2D eigenvalue weighted by atomic mass is 9.82. The smallest absolute Gasteiger partial charge is 0.119 e. The highest BCUT2D eigenvalue weighted by Crippen LogP contribution is 2.32. The van der Waals surface area contributed by atoms with E-state index in [4.69, 9.17) is 9.94 Å². The standard InChI is InChI=1S/C12H15NO2/c1-8-11-7-10(15-2)5-3-9(11)4-6-12(8)13-14/h3,5,7-8,14H,4,6H2,1-2H3/b13-12+. The molecule has 80 valence electrons. The first-order valence-corrected chi connectivity index (χ1v) is 5.14. The highest BCUT2D eigenvalue weighted by atomic mass is 16.5. The molecule has 0 saturated heterocycles. The molecule has 1 aliphatic rings. The van der Waals surface area contributed by atoms with E-state index < -0.39 is 0 Å². The van der Waals surface area contributed by atoms with Gasteiger partial charge in [0.05, 0.1) is 12.8 Å². The molecule has 0 radical (unpaired) electrons. The molecule has 1 N–H and O–H groups in total. The van der Waals surface area contributed by atoms with Crippen molar-refractivity contribution in [1.82, 2.24) is 0 Å². The summed E-state index contributed by atoms with van der Waals surface area (Å²) in [6, 6.07) is 6.11. The lowest BCUT2D eigenvalue weighted by molar-refractivity contribution is 0.315. The summed E-state index contributed by atoms with van der Waals surface area (Å²) >= 11 is 0. The molecule has 0 fully saturated rings. The van der Waals surface area contributed by atoms with Crippen molar-refractivity contribution in [1.29, 1.82) is 0 Å². The molecule has 0 saturated carbocycles. The minimum atomic E-state index is 0.189. The Morgan fingerprint density at radius 3 is 2.87 bits per heavy atom. The van der Waals surface area contributed by atoms with Crippen molar-refractivity contribution in [2.45, 2.75) is 25.7 Å². The van der Waals surface area contributed by atoms with E-state index in [1.807, 2.05) is 12.1 Å². The van der Waals surface area contributed by atoms with Crippen LogP contribution in [0.2, 0.25) is 0 Å². The molecule has 1 aromatic carbocycles. The van der Waals surface area contributed by atoms with E-state index in [9.17, 15) is 0 Å². The van der Waals surface area contributed by atoms with Gasteiger partial charge in [-0.25, -0.2) is 0 Å². The number of methoxy groups -OCH3 is 1. The van der Waals surface area contributed by atoms with Crippen molar-refractivity contribution in [3.05, 3.63) is 29.3 Å². The Morgan fingerprint density at radius 2 is 2.20 bits per heavy atom. The molecule has 15 heavy (non-hydrogen) atoms. The zero-order valence-electron chi connectivity index (χ0n) is 9.03. The highest BCUT2D eigenvalue weighted by molar-refractivity contribution is 5.92. The number of nitrogens with zero attached hydrogens (tertiary/aromatic N) is 1. The van der Waals surface area contributed by atoms with E-state index in [2.05, 4.69) is 18.1 Å². The molecular formula is C12H15NO2. The van der Waals surface area contributed by atoms with Crippen LogP contribution in [0.4, 0.5) is 0 Å². The van der Waals surface area contributed by atoms with Crippen molar-refractivity contribution >= 4 is 5.71 Å². The average molecular weight is 205 g/mol. The summed E-state index contributed by atoms with van der Waals surface area (Å²) < 4.78 is 5.20. The highest BCUT2D eigenvalue weighted by Gasteiger charge is 2.22. The van der Waals surface area contributed by atoms with Crippen LogP contribution in [-0.4, -0.2) is 18.0 Å². The number of benzene rings is 1. The molecule has 0 amide bonds. The topological polar surface area (TPSA) is 41.8 Å². The number of rotatable bonds is 1. The van der Waals surface area contributed by atoms with Gasteiger partial charge in [-0.3, -0.25) is 0 Å². The van der Waals surface area contributed by atoms with E-state index in [1.165, 1.54) is 11.1 Å². The first-order chi connectivity index (χ1) is 7.26. The third-order valence-corrected chi connectivity index (χ3v) is 3.10. The van der Waals surface area contributed by atoms with E-state index in [0.717, 1.165) is 24.3 Å². The van der Waals surface area contributed by atoms with Crippen LogP contribution < -0.4 is 4.74 Å². The lowest BCUT2D eigenvalue weighted by Crippen LogP contribution is -2.18. The Hall–Kier alpha value is -1.51. The van der Waals surface area contributed by atoms with Gasteiger partial charge >= 0.3 is 0 Å². The Kier molecular flexibility index (Phi) is 2.62. The summed E-state index contributed by atoms with van der Waals surface area (Å²) in [5, 5.41) is 12.2. The summed E-state index contributed by atoms with van der Waals surface area (Å²) in [6.07, 6.45) is 1.79. The maximum atomic E-state index is 8.87. The van der Waals surface area contributed by atoms with Crippen molar-refractivity contribution in [2.24, 2.45) is 5.16 Å². The number of aryl methyl sites for hydroxylation is 1. The van der Waals surface area contributed by atoms with Gasteiger partial charge < -0.3 is 9.94 Å². The first kappa shape index (κ1) is 10.0. The van der Waals surface area contributed by atoms with Gasteiger partial charge in [0, 0.05) is 5.92 Å². The molecule has 1 aromatic rings. The number of ether oxygens (including phenoxy) is 1. The number of hydrogen-bond donors (Lipinski definition) is 1. The SMILES string of the molecule is COc1ccc2c(c1)C(C)/C(=N/O)CC2. The molecule has 0 heterocycles. The van der Waals surface area contributed by atoms with Crippen LogP contribution >= 0.6 is 0 Å². The monoisotopic (exact) mass is 205 g/mol. The number of hydrogen-bond acceptors (Lipinski definition) is 3. The molecule has 3 heteroatoms. The number of oxime groups is 1. The van der Waals surface area contributed by atoms with E-state index >= 15 is 0 Å². The molecule has 1 unspecified atom stereocenters. The largest absolute Gasteiger partial charge is 0.497 e. The Labute approximate surface area is 89.4 Å². The second-order valence-corrected chi connectivity index (χ2v) is 3.88. The van der Waals surface area contributed by atoms with Crippen LogP contribution in [0, 0.1) is 0 Å². The molecule has 0 bridgehead atoms. The maximum Gasteiger partial charge on any atom is 0.119 e. The van der Waals surface area contributed by atoms with Crippen molar-refractivity contribution in [3.8, 4) is 5.75 Å². The van der Waals surface area contributed by atoms with Crippen molar-refractivity contribution < 1.29 is 9.94 Å². The normalized spacial score (nSPS) is 22.5. The average Bonchev–Trinajstić information content (AvgIpc) is 2.29. The Bertz CT molecular complexity index is 399. The molecule has 0 aromatic heterocycles. The summed E-state index contributed by atoms with van der Waals surface area (Å²) in [5.41, 5.74) is 3.40. The Balaban J connectivity index is 2.44. The van der Waals surface area contributed by atoms with Gasteiger partial charge in [-0.1, -0.05) is 18.1 Å². The number of fused-ring (bicyclic) bond motifs is 1. The van der Waals surface area contributed by atoms with Crippen molar-refractivity contribution in [2.75, 3.05) is 7.11 Å². The second-order valence-electron chi connectivity index (χ2n) is 3.88. The predicted octanol–water partition coefficient (Wildman–Crippen LogP) is 2.58. The van der Waals surface area contributed by atoms with Gasteiger partial charge in [0.2, 0.25) is 0 Å². The van der Waals surface area contributed by atoms with E-state index in [0.29, 0.717) is 0 Å². The fraction of sp³-hybridized carbons (Fsp3) is 0.417. The van der Waals surface area contributed by atoms with Crippen molar-refractivity contribution in [3.63, 3.8) is 0 Å². The van der Waals surface area contributed by atoms with Crippen LogP contribution in [0.15, 0.2) is 23.4 Å². The maximum absolute atomic E-state index is 8.87. The van der Waals surface area contributed by atoms with Crippen LogP contribution in [0.3, 0.4) is 0 Å². The third-order valence-electron chi connectivity index (χ3n) is 3.10. The minimum Gasteiger partial charge on any atom is -0.497 e. The van der Waals surface area contributed by atoms with Gasteiger partial charge in [-0.2, -0.15) is 0 Å². The molecule has 3 nitrogen and oxygen atoms in total. The molecule has 0 spiro atoms. The van der Waals surface area contributed by atoms with Gasteiger partial charge in [0.25, 0.3) is 0 Å². The van der Waals surface area contributed by atoms with Crippen LogP contribution in [0.5, 0.6) is 5.75 Å². The first-order valence-electron chi connectivity index (χ1n) is 5.14. The summed E-state index contributed by atoms with van der Waals surface area (Å²) in [4.78, 5) is 0. The Morgan fingerprint density at radius 1 is 1.40 bits per heavy atom. The van der Waals surface area contributed by atoms with Gasteiger partial charge in [-0.15, -0.1) is 0 Å². The summed E-state index contributed by atoms with van der Waals surface area (Å²) in [6.45, 7) is 2.06. The van der Waals surface area contributed by atoms with Crippen LogP contribution in [0.1, 0.15) is 30.4 Å². The van der Waals surface area contributed by atoms with Crippen LogP contribution in [-0.2, 0) is 6.42 Å². The predicted molar refractivity (Wildman–Crippen MR) is 59.0 cm³/mol. The zero-order chi connectivity index (χ0) is 10.8. The van der Waals surface area contributed by atoms with Gasteiger partial charge in [0.1, 0.15) is 5.75 Å². The molecule has 2 rings (SSSR count). The lowest BCUT2D eigenvalue weighted by Gasteiger charge is -2.23. The molecular weight excluding hydrogens is 190 g/mol. The van der Waals surface area contributed by atoms with Gasteiger partial charge in [-0.05, 0) is 36.1 Å². The summed E-state index contributed by atoms with van der Waals surface area (Å²) in [5.74, 6) is 1.05. The molecule has 1 atom stereocenters. The molecule has 1 aliphatic carbocycles. The zero-order valence-corrected chi connectivity index (χ0v) is 9.03. The van der Waals surface area contributed by atoms with Gasteiger partial charge in [0.15, 0.2) is 0 Å². The quantitative estimate of drug-likeness (QED) is 0.565. The molecule has 0 aliphatic heterocycles. The van der Waals surface area contributed by atoms with E-state index in [1.54, 1.807) is 7.11 Å². The fourth-order valence-electron chi connectivity index (χ4n) is 2.13. The minimum absolute atomic E-state index is 0.189. The van der Waals surface area contributed by atoms with Crippen LogP contribution in [0.25, 0.3) is 0 Å².